The third kappa shape index (κ3) is 3.57. The first-order valence-electron chi connectivity index (χ1n) is 4.18. The Morgan fingerprint density at radius 2 is 0.857 bits per heavy atom. The summed E-state index contributed by atoms with van der Waals surface area (Å²) in [6.45, 7) is 0. The first kappa shape index (κ1) is 10.7. The maximum Gasteiger partial charge on any atom is 0.631 e. The van der Waals surface area contributed by atoms with Gasteiger partial charge in [0.05, 0.1) is 0 Å². The molecule has 0 aliphatic rings. The van der Waals surface area contributed by atoms with Crippen molar-refractivity contribution >= 4 is 18.1 Å². The monoisotopic (exact) mass is 190 g/mol. The molecule has 0 saturated carbocycles. The van der Waals surface area contributed by atoms with Gasteiger partial charge in [0, 0.05) is 0 Å². The summed E-state index contributed by atoms with van der Waals surface area (Å²) in [4.78, 5) is 0. The number of rotatable bonds is 0. The van der Waals surface area contributed by atoms with Crippen molar-refractivity contribution in [1.29, 1.82) is 0 Å². The van der Waals surface area contributed by atoms with Gasteiger partial charge >= 0.3 is 7.32 Å². The van der Waals surface area contributed by atoms with Gasteiger partial charge in [-0.2, -0.15) is 0 Å². The number of hydrogen-bond acceptors (Lipinski definition) is 3. The van der Waals surface area contributed by atoms with Crippen molar-refractivity contribution in [3.63, 3.8) is 0 Å². The van der Waals surface area contributed by atoms with Crippen LogP contribution in [0, 0.1) is 0 Å². The van der Waals surface area contributed by atoms with Crippen LogP contribution in [0.25, 0.3) is 10.8 Å². The summed E-state index contributed by atoms with van der Waals surface area (Å²) in [6.07, 6.45) is 0. The molecular formula is C10H11BO3. The highest BCUT2D eigenvalue weighted by molar-refractivity contribution is 6.30. The standard InChI is InChI=1S/C10H8.BH3O3/c1-2-6-10-8-4-3-7-9(10)5-1;2-1(3)4/h1-8H;2-4H. The van der Waals surface area contributed by atoms with Gasteiger partial charge in [-0.1, -0.05) is 48.5 Å². The van der Waals surface area contributed by atoms with Crippen LogP contribution in [0.1, 0.15) is 0 Å². The van der Waals surface area contributed by atoms with Crippen molar-refractivity contribution in [2.24, 2.45) is 0 Å². The SMILES string of the molecule is OB(O)O.c1ccc2ccccc2c1. The highest BCUT2D eigenvalue weighted by Crippen LogP contribution is 2.11. The van der Waals surface area contributed by atoms with E-state index in [0.29, 0.717) is 0 Å². The molecule has 0 spiro atoms. The fourth-order valence-corrected chi connectivity index (χ4v) is 1.13. The van der Waals surface area contributed by atoms with Gasteiger partial charge in [0.2, 0.25) is 0 Å². The van der Waals surface area contributed by atoms with Crippen molar-refractivity contribution in [3.8, 4) is 0 Å². The predicted octanol–water partition coefficient (Wildman–Crippen LogP) is 0.788. The number of fused-ring (bicyclic) bond motifs is 1. The molecule has 2 rings (SSSR count). The van der Waals surface area contributed by atoms with Gasteiger partial charge in [-0.3, -0.25) is 0 Å². The maximum absolute atomic E-state index is 7.17. The lowest BCUT2D eigenvalue weighted by molar-refractivity contribution is 0.278. The summed E-state index contributed by atoms with van der Waals surface area (Å²) in [7, 11) is -2.17. The molecule has 3 nitrogen and oxygen atoms in total. The van der Waals surface area contributed by atoms with Gasteiger partial charge in [-0.15, -0.1) is 0 Å². The quantitative estimate of drug-likeness (QED) is 0.538. The molecule has 0 aliphatic carbocycles. The topological polar surface area (TPSA) is 60.7 Å². The maximum atomic E-state index is 7.17. The molecule has 72 valence electrons. The van der Waals surface area contributed by atoms with Gasteiger partial charge in [-0.25, -0.2) is 0 Å². The molecule has 0 bridgehead atoms. The summed E-state index contributed by atoms with van der Waals surface area (Å²) >= 11 is 0. The highest BCUT2D eigenvalue weighted by atomic mass is 16.5. The molecule has 2 aromatic carbocycles. The first-order chi connectivity index (χ1) is 6.70. The summed E-state index contributed by atoms with van der Waals surface area (Å²) in [5, 5.41) is 24.1. The second-order valence-corrected chi connectivity index (χ2v) is 2.69. The lowest BCUT2D eigenvalue weighted by Crippen LogP contribution is -2.07. The average molecular weight is 190 g/mol. The van der Waals surface area contributed by atoms with Crippen LogP contribution in [0.3, 0.4) is 0 Å². The van der Waals surface area contributed by atoms with Gasteiger partial charge in [-0.05, 0) is 10.8 Å². The zero-order valence-corrected chi connectivity index (χ0v) is 7.54. The average Bonchev–Trinajstić information content (AvgIpc) is 2.17. The van der Waals surface area contributed by atoms with Gasteiger partial charge in [0.25, 0.3) is 0 Å². The smallest absolute Gasteiger partial charge is 0.402 e. The Kier molecular flexibility index (Phi) is 4.13. The van der Waals surface area contributed by atoms with Crippen LogP contribution < -0.4 is 0 Å². The molecule has 2 aromatic rings. The molecule has 0 aromatic heterocycles. The van der Waals surface area contributed by atoms with E-state index in [-0.39, 0.29) is 0 Å². The van der Waals surface area contributed by atoms with Gasteiger partial charge in [0.15, 0.2) is 0 Å². The fourth-order valence-electron chi connectivity index (χ4n) is 1.13. The van der Waals surface area contributed by atoms with Crippen LogP contribution in [0.4, 0.5) is 0 Å². The summed E-state index contributed by atoms with van der Waals surface area (Å²) < 4.78 is 0. The molecule has 0 heterocycles. The van der Waals surface area contributed by atoms with E-state index in [9.17, 15) is 0 Å². The van der Waals surface area contributed by atoms with Crippen molar-refractivity contribution in [3.05, 3.63) is 48.5 Å². The summed E-state index contributed by atoms with van der Waals surface area (Å²) in [5.74, 6) is 0. The molecule has 0 saturated heterocycles. The summed E-state index contributed by atoms with van der Waals surface area (Å²) in [5.41, 5.74) is 0. The molecular weight excluding hydrogens is 179 g/mol. The van der Waals surface area contributed by atoms with Crippen molar-refractivity contribution < 1.29 is 15.1 Å². The Hall–Kier alpha value is -1.36. The molecule has 14 heavy (non-hydrogen) atoms. The normalized spacial score (nSPS) is 9.07. The van der Waals surface area contributed by atoms with Crippen LogP contribution in [-0.2, 0) is 0 Å². The first-order valence-corrected chi connectivity index (χ1v) is 4.18. The van der Waals surface area contributed by atoms with E-state index in [2.05, 4.69) is 48.5 Å². The number of benzene rings is 2. The van der Waals surface area contributed by atoms with E-state index >= 15 is 0 Å². The van der Waals surface area contributed by atoms with E-state index < -0.39 is 7.32 Å². The molecule has 4 heteroatoms. The largest absolute Gasteiger partial charge is 0.631 e. The third-order valence-corrected chi connectivity index (χ3v) is 1.66. The second-order valence-electron chi connectivity index (χ2n) is 2.69. The predicted molar refractivity (Wildman–Crippen MR) is 56.4 cm³/mol. The lowest BCUT2D eigenvalue weighted by Gasteiger charge is -1.92. The molecule has 0 fully saturated rings. The Morgan fingerprint density at radius 1 is 0.643 bits per heavy atom. The minimum Gasteiger partial charge on any atom is -0.402 e. The molecule has 0 aliphatic heterocycles. The van der Waals surface area contributed by atoms with E-state index in [1.54, 1.807) is 0 Å². The molecule has 0 unspecified atom stereocenters. The van der Waals surface area contributed by atoms with E-state index in [1.807, 2.05) is 0 Å². The van der Waals surface area contributed by atoms with Crippen LogP contribution in [0.2, 0.25) is 0 Å². The minimum atomic E-state index is -2.17. The molecule has 0 radical (unpaired) electrons. The van der Waals surface area contributed by atoms with E-state index in [0.717, 1.165) is 0 Å². The Morgan fingerprint density at radius 3 is 1.07 bits per heavy atom. The van der Waals surface area contributed by atoms with Crippen molar-refractivity contribution in [2.75, 3.05) is 0 Å². The Balaban J connectivity index is 0.000000213. The zero-order chi connectivity index (χ0) is 10.4. The second kappa shape index (κ2) is 5.39. The van der Waals surface area contributed by atoms with Crippen LogP contribution in [0.15, 0.2) is 48.5 Å². The highest BCUT2D eigenvalue weighted by Gasteiger charge is 1.92. The molecule has 3 N–H and O–H groups in total. The summed E-state index contributed by atoms with van der Waals surface area (Å²) in [6, 6.07) is 16.7. The van der Waals surface area contributed by atoms with Crippen LogP contribution in [-0.4, -0.2) is 22.4 Å². The zero-order valence-electron chi connectivity index (χ0n) is 7.54. The third-order valence-electron chi connectivity index (χ3n) is 1.66. The Bertz CT molecular complexity index is 322. The van der Waals surface area contributed by atoms with Crippen molar-refractivity contribution in [1.82, 2.24) is 0 Å². The minimum absolute atomic E-state index is 1.31. The van der Waals surface area contributed by atoms with Gasteiger partial charge < -0.3 is 15.1 Å². The van der Waals surface area contributed by atoms with Gasteiger partial charge in [0.1, 0.15) is 0 Å². The van der Waals surface area contributed by atoms with E-state index in [1.165, 1.54) is 10.8 Å². The molecule has 0 amide bonds. The fraction of sp³-hybridized carbons (Fsp3) is 0. The van der Waals surface area contributed by atoms with Crippen molar-refractivity contribution in [2.45, 2.75) is 0 Å². The van der Waals surface area contributed by atoms with Crippen LogP contribution >= 0.6 is 0 Å². The lowest BCUT2D eigenvalue weighted by atomic mass is 10.1. The Labute approximate surface area is 82.4 Å². The van der Waals surface area contributed by atoms with Crippen LogP contribution in [0.5, 0.6) is 0 Å². The molecule has 0 atom stereocenters. The number of hydrogen-bond donors (Lipinski definition) is 3. The van der Waals surface area contributed by atoms with E-state index in [4.69, 9.17) is 15.1 Å².